The van der Waals surface area contributed by atoms with E-state index >= 15 is 0 Å². The van der Waals surface area contributed by atoms with Gasteiger partial charge in [0.25, 0.3) is 0 Å². The molecule has 3 nitrogen and oxygen atoms in total. The smallest absolute Gasteiger partial charge is 0.244 e. The van der Waals surface area contributed by atoms with Crippen LogP contribution in [-0.2, 0) is 4.79 Å². The summed E-state index contributed by atoms with van der Waals surface area (Å²) in [6, 6.07) is 0. The zero-order valence-electron chi connectivity index (χ0n) is 12.9. The highest BCUT2D eigenvalue weighted by molar-refractivity contribution is 8.00. The molecule has 4 heteroatoms. The van der Waals surface area contributed by atoms with Gasteiger partial charge in [-0.05, 0) is 38.4 Å². The summed E-state index contributed by atoms with van der Waals surface area (Å²) < 4.78 is 0.328. The highest BCUT2D eigenvalue weighted by atomic mass is 32.2. The van der Waals surface area contributed by atoms with E-state index in [0.717, 1.165) is 25.8 Å². The van der Waals surface area contributed by atoms with Crippen LogP contribution in [0.2, 0.25) is 0 Å². The van der Waals surface area contributed by atoms with Gasteiger partial charge in [0.15, 0.2) is 0 Å². The monoisotopic (exact) mass is 296 g/mol. The summed E-state index contributed by atoms with van der Waals surface area (Å²) in [5.74, 6) is 0.405. The maximum Gasteiger partial charge on any atom is 0.244 e. The van der Waals surface area contributed by atoms with Gasteiger partial charge in [-0.2, -0.15) is 11.8 Å². The lowest BCUT2D eigenvalue weighted by Gasteiger charge is -2.34. The molecule has 3 aliphatic rings. The molecule has 0 aromatic rings. The third-order valence-electron chi connectivity index (χ3n) is 5.74. The topological polar surface area (TPSA) is 32.3 Å². The zero-order valence-corrected chi connectivity index (χ0v) is 13.7. The first-order valence-corrected chi connectivity index (χ1v) is 9.51. The zero-order chi connectivity index (χ0) is 14.2. The maximum absolute atomic E-state index is 13.0. The Kier molecular flexibility index (Phi) is 4.06. The summed E-state index contributed by atoms with van der Waals surface area (Å²) in [6.07, 6.45) is 13.2. The Hall–Kier alpha value is -0.220. The number of carbonyl (C=O) groups excluding carboxylic acids is 1. The second-order valence-corrected chi connectivity index (χ2v) is 8.16. The minimum Gasteiger partial charge on any atom is -0.324 e. The molecule has 2 aliphatic carbocycles. The number of amides is 1. The quantitative estimate of drug-likeness (QED) is 0.865. The Morgan fingerprint density at radius 3 is 2.35 bits per heavy atom. The fourth-order valence-electron chi connectivity index (χ4n) is 4.47. The summed E-state index contributed by atoms with van der Waals surface area (Å²) in [7, 11) is 0. The van der Waals surface area contributed by atoms with Crippen molar-refractivity contribution in [1.82, 2.24) is 10.2 Å². The lowest BCUT2D eigenvalue weighted by atomic mass is 9.97. The van der Waals surface area contributed by atoms with Gasteiger partial charge in [-0.1, -0.05) is 32.6 Å². The molecule has 0 bridgehead atoms. The molecule has 1 N–H and O–H groups in total. The van der Waals surface area contributed by atoms with Crippen molar-refractivity contribution in [3.05, 3.63) is 0 Å². The number of rotatable bonds is 4. The molecule has 2 saturated carbocycles. The van der Waals surface area contributed by atoms with Gasteiger partial charge in [-0.3, -0.25) is 10.1 Å². The maximum atomic E-state index is 13.0. The van der Waals surface area contributed by atoms with Gasteiger partial charge >= 0.3 is 0 Å². The SMILES string of the molecule is CCC1NC2(CCCC2)C(=O)N1CC1(SC)CCCC1. The molecule has 0 aromatic heterocycles. The van der Waals surface area contributed by atoms with Crippen LogP contribution in [0.4, 0.5) is 0 Å². The van der Waals surface area contributed by atoms with Gasteiger partial charge < -0.3 is 4.90 Å². The van der Waals surface area contributed by atoms with E-state index in [-0.39, 0.29) is 11.7 Å². The van der Waals surface area contributed by atoms with Crippen molar-refractivity contribution in [3.8, 4) is 0 Å². The molecule has 1 heterocycles. The predicted molar refractivity (Wildman–Crippen MR) is 84.8 cm³/mol. The molecular weight excluding hydrogens is 268 g/mol. The molecule has 20 heavy (non-hydrogen) atoms. The average molecular weight is 296 g/mol. The van der Waals surface area contributed by atoms with Crippen LogP contribution in [-0.4, -0.2) is 40.1 Å². The number of nitrogens with one attached hydrogen (secondary N) is 1. The van der Waals surface area contributed by atoms with Gasteiger partial charge in [-0.25, -0.2) is 0 Å². The molecule has 0 aromatic carbocycles. The van der Waals surface area contributed by atoms with E-state index in [9.17, 15) is 4.79 Å². The first-order chi connectivity index (χ1) is 9.65. The van der Waals surface area contributed by atoms with Crippen molar-refractivity contribution in [1.29, 1.82) is 0 Å². The average Bonchev–Trinajstić information content (AvgIpc) is 3.17. The fourth-order valence-corrected chi connectivity index (χ4v) is 5.44. The van der Waals surface area contributed by atoms with E-state index in [1.54, 1.807) is 0 Å². The van der Waals surface area contributed by atoms with Crippen LogP contribution >= 0.6 is 11.8 Å². The summed E-state index contributed by atoms with van der Waals surface area (Å²) >= 11 is 1.99. The molecule has 0 radical (unpaired) electrons. The largest absolute Gasteiger partial charge is 0.324 e. The molecule has 1 spiro atoms. The van der Waals surface area contributed by atoms with E-state index < -0.39 is 0 Å². The Balaban J connectivity index is 1.78. The van der Waals surface area contributed by atoms with Crippen molar-refractivity contribution in [2.45, 2.75) is 81.2 Å². The third kappa shape index (κ3) is 2.29. The minimum atomic E-state index is -0.196. The van der Waals surface area contributed by atoms with Crippen LogP contribution in [0.1, 0.15) is 64.7 Å². The number of thioether (sulfide) groups is 1. The number of hydrogen-bond acceptors (Lipinski definition) is 3. The number of nitrogens with zero attached hydrogens (tertiary/aromatic N) is 1. The second kappa shape index (κ2) is 5.53. The molecule has 1 aliphatic heterocycles. The number of carbonyl (C=O) groups is 1. The van der Waals surface area contributed by atoms with Gasteiger partial charge in [0.05, 0.1) is 11.7 Å². The van der Waals surface area contributed by atoms with Gasteiger partial charge in [-0.15, -0.1) is 0 Å². The van der Waals surface area contributed by atoms with Crippen molar-refractivity contribution in [2.24, 2.45) is 0 Å². The van der Waals surface area contributed by atoms with Crippen LogP contribution < -0.4 is 5.32 Å². The molecule has 1 atom stereocenters. The van der Waals surface area contributed by atoms with Crippen molar-refractivity contribution < 1.29 is 4.79 Å². The molecule has 3 fully saturated rings. The van der Waals surface area contributed by atoms with E-state index in [4.69, 9.17) is 0 Å². The van der Waals surface area contributed by atoms with Gasteiger partial charge in [0.1, 0.15) is 0 Å². The van der Waals surface area contributed by atoms with Gasteiger partial charge in [0.2, 0.25) is 5.91 Å². The van der Waals surface area contributed by atoms with E-state index in [1.165, 1.54) is 38.5 Å². The molecule has 1 amide bonds. The summed E-state index contributed by atoms with van der Waals surface area (Å²) in [6.45, 7) is 3.16. The highest BCUT2D eigenvalue weighted by Crippen LogP contribution is 2.44. The minimum absolute atomic E-state index is 0.196. The van der Waals surface area contributed by atoms with Gasteiger partial charge in [0, 0.05) is 11.3 Å². The molecule has 114 valence electrons. The van der Waals surface area contributed by atoms with E-state index in [2.05, 4.69) is 23.4 Å². The van der Waals surface area contributed by atoms with Crippen LogP contribution in [0, 0.1) is 0 Å². The van der Waals surface area contributed by atoms with Crippen LogP contribution in [0.15, 0.2) is 0 Å². The van der Waals surface area contributed by atoms with Crippen LogP contribution in [0.25, 0.3) is 0 Å². The second-order valence-electron chi connectivity index (χ2n) is 6.88. The fraction of sp³-hybridized carbons (Fsp3) is 0.938. The highest BCUT2D eigenvalue weighted by Gasteiger charge is 2.53. The Morgan fingerprint density at radius 1 is 1.20 bits per heavy atom. The predicted octanol–water partition coefficient (Wildman–Crippen LogP) is 3.14. The summed E-state index contributed by atoms with van der Waals surface area (Å²) in [4.78, 5) is 15.2. The van der Waals surface area contributed by atoms with E-state index in [1.807, 2.05) is 11.8 Å². The van der Waals surface area contributed by atoms with Crippen LogP contribution in [0.5, 0.6) is 0 Å². The Bertz CT molecular complexity index is 373. The normalized spacial score (nSPS) is 31.6. The summed E-state index contributed by atoms with van der Waals surface area (Å²) in [5.41, 5.74) is -0.196. The lowest BCUT2D eigenvalue weighted by Crippen LogP contribution is -2.46. The van der Waals surface area contributed by atoms with Crippen molar-refractivity contribution in [3.63, 3.8) is 0 Å². The first kappa shape index (κ1) is 14.7. The van der Waals surface area contributed by atoms with Crippen molar-refractivity contribution in [2.75, 3.05) is 12.8 Å². The summed E-state index contributed by atoms with van der Waals surface area (Å²) in [5, 5.41) is 3.70. The number of hydrogen-bond donors (Lipinski definition) is 1. The van der Waals surface area contributed by atoms with Crippen LogP contribution in [0.3, 0.4) is 0 Å². The Morgan fingerprint density at radius 2 is 1.80 bits per heavy atom. The molecule has 3 rings (SSSR count). The molecular formula is C16H28N2OS. The first-order valence-electron chi connectivity index (χ1n) is 8.29. The standard InChI is InChI=1S/C16H28N2OS/c1-3-13-17-16(10-6-7-11-16)14(19)18(13)12-15(20-2)8-4-5-9-15/h13,17H,3-12H2,1-2H3. The van der Waals surface area contributed by atoms with Crippen molar-refractivity contribution >= 4 is 17.7 Å². The Labute approximate surface area is 127 Å². The molecule has 1 saturated heterocycles. The van der Waals surface area contributed by atoms with E-state index in [0.29, 0.717) is 10.7 Å². The molecule has 1 unspecified atom stereocenters. The lowest BCUT2D eigenvalue weighted by molar-refractivity contribution is -0.133. The third-order valence-corrected chi connectivity index (χ3v) is 7.14.